The molecule has 1 fully saturated rings. The third-order valence-corrected chi connectivity index (χ3v) is 3.38. The van der Waals surface area contributed by atoms with Crippen molar-refractivity contribution in [1.82, 2.24) is 9.62 Å². The van der Waals surface area contributed by atoms with Gasteiger partial charge < -0.3 is 4.90 Å². The molecule has 0 radical (unpaired) electrons. The Balaban J connectivity index is 2.29. The van der Waals surface area contributed by atoms with E-state index in [-0.39, 0.29) is 18.2 Å². The second kappa shape index (κ2) is 4.06. The van der Waals surface area contributed by atoms with E-state index >= 15 is 0 Å². The quantitative estimate of drug-likeness (QED) is 0.652. The number of hydrogen-bond donors (Lipinski definition) is 1. The van der Waals surface area contributed by atoms with Gasteiger partial charge in [0.25, 0.3) is 0 Å². The number of carbonyl (C=O) groups excluding carboxylic acids is 1. The molecule has 1 amide bonds. The summed E-state index contributed by atoms with van der Waals surface area (Å²) in [6.45, 7) is 2.95. The molecule has 0 aromatic rings. The van der Waals surface area contributed by atoms with Crippen molar-refractivity contribution >= 4 is 15.9 Å². The van der Waals surface area contributed by atoms with Crippen LogP contribution in [0.5, 0.6) is 0 Å². The van der Waals surface area contributed by atoms with Crippen molar-refractivity contribution in [2.45, 2.75) is 13.3 Å². The molecule has 0 aliphatic carbocycles. The first-order valence-electron chi connectivity index (χ1n) is 4.30. The fourth-order valence-corrected chi connectivity index (χ4v) is 1.50. The van der Waals surface area contributed by atoms with E-state index in [2.05, 4.69) is 4.72 Å². The molecular formula is C7H14N2O3S. The SMILES string of the molecule is CCS(=O)(=O)NCC(=O)N1CCC1. The molecule has 76 valence electrons. The van der Waals surface area contributed by atoms with E-state index in [4.69, 9.17) is 0 Å². The standard InChI is InChI=1S/C7H14N2O3S/c1-2-13(11,12)8-6-7(10)9-4-3-5-9/h8H,2-6H2,1H3. The van der Waals surface area contributed by atoms with E-state index < -0.39 is 10.0 Å². The van der Waals surface area contributed by atoms with Crippen molar-refractivity contribution < 1.29 is 13.2 Å². The van der Waals surface area contributed by atoms with Crippen LogP contribution in [0, 0.1) is 0 Å². The lowest BCUT2D eigenvalue weighted by Gasteiger charge is -2.30. The van der Waals surface area contributed by atoms with E-state index in [1.807, 2.05) is 0 Å². The molecule has 1 saturated heterocycles. The van der Waals surface area contributed by atoms with Crippen LogP contribution in [0.2, 0.25) is 0 Å². The van der Waals surface area contributed by atoms with Crippen LogP contribution in [0.3, 0.4) is 0 Å². The van der Waals surface area contributed by atoms with Crippen molar-refractivity contribution in [2.24, 2.45) is 0 Å². The third kappa shape index (κ3) is 2.96. The van der Waals surface area contributed by atoms with Crippen LogP contribution in [0.25, 0.3) is 0 Å². The van der Waals surface area contributed by atoms with E-state index in [0.29, 0.717) is 0 Å². The Hall–Kier alpha value is -0.620. The van der Waals surface area contributed by atoms with Crippen LogP contribution in [-0.2, 0) is 14.8 Å². The molecule has 1 heterocycles. The van der Waals surface area contributed by atoms with Gasteiger partial charge in [0.2, 0.25) is 15.9 Å². The zero-order chi connectivity index (χ0) is 9.90. The molecule has 1 N–H and O–H groups in total. The van der Waals surface area contributed by atoms with Gasteiger partial charge in [-0.2, -0.15) is 0 Å². The monoisotopic (exact) mass is 206 g/mol. The summed E-state index contributed by atoms with van der Waals surface area (Å²) in [7, 11) is -3.23. The number of carbonyl (C=O) groups is 1. The molecule has 1 aliphatic heterocycles. The highest BCUT2D eigenvalue weighted by Gasteiger charge is 2.20. The molecule has 0 atom stereocenters. The summed E-state index contributed by atoms with van der Waals surface area (Å²) in [6.07, 6.45) is 1.02. The molecule has 6 heteroatoms. The Bertz CT molecular complexity index is 282. The summed E-state index contributed by atoms with van der Waals surface area (Å²) in [5.74, 6) is -0.122. The predicted molar refractivity (Wildman–Crippen MR) is 48.7 cm³/mol. The van der Waals surface area contributed by atoms with Gasteiger partial charge in [-0.3, -0.25) is 4.79 Å². The number of sulfonamides is 1. The average molecular weight is 206 g/mol. The van der Waals surface area contributed by atoms with E-state index in [0.717, 1.165) is 19.5 Å². The minimum Gasteiger partial charge on any atom is -0.341 e. The minimum absolute atomic E-state index is 0.0142. The summed E-state index contributed by atoms with van der Waals surface area (Å²) in [5.41, 5.74) is 0. The van der Waals surface area contributed by atoms with E-state index in [1.54, 1.807) is 4.90 Å². The Morgan fingerprint density at radius 2 is 2.08 bits per heavy atom. The molecule has 0 aromatic heterocycles. The molecule has 0 aromatic carbocycles. The van der Waals surface area contributed by atoms with Crippen LogP contribution < -0.4 is 4.72 Å². The van der Waals surface area contributed by atoms with E-state index in [9.17, 15) is 13.2 Å². The van der Waals surface area contributed by atoms with Gasteiger partial charge in [-0.05, 0) is 13.3 Å². The maximum Gasteiger partial charge on any atom is 0.237 e. The Labute approximate surface area is 78.2 Å². The van der Waals surface area contributed by atoms with Gasteiger partial charge in [-0.1, -0.05) is 0 Å². The Morgan fingerprint density at radius 3 is 2.46 bits per heavy atom. The van der Waals surface area contributed by atoms with Gasteiger partial charge in [0.1, 0.15) is 0 Å². The van der Waals surface area contributed by atoms with Gasteiger partial charge in [0.05, 0.1) is 12.3 Å². The molecule has 0 spiro atoms. The van der Waals surface area contributed by atoms with Crippen molar-refractivity contribution in [3.05, 3.63) is 0 Å². The largest absolute Gasteiger partial charge is 0.341 e. The second-order valence-corrected chi connectivity index (χ2v) is 5.05. The lowest BCUT2D eigenvalue weighted by atomic mass is 10.2. The van der Waals surface area contributed by atoms with Gasteiger partial charge in [0, 0.05) is 13.1 Å². The first-order chi connectivity index (χ1) is 6.05. The number of nitrogens with one attached hydrogen (secondary N) is 1. The maximum atomic E-state index is 11.2. The first kappa shape index (κ1) is 10.5. The number of hydrogen-bond acceptors (Lipinski definition) is 3. The lowest BCUT2D eigenvalue weighted by molar-refractivity contribution is -0.133. The molecule has 5 nitrogen and oxygen atoms in total. The smallest absolute Gasteiger partial charge is 0.237 e. The number of likely N-dealkylation sites (tertiary alicyclic amines) is 1. The van der Waals surface area contributed by atoms with Crippen molar-refractivity contribution in [3.8, 4) is 0 Å². The topological polar surface area (TPSA) is 66.5 Å². The summed E-state index contributed by atoms with van der Waals surface area (Å²) >= 11 is 0. The van der Waals surface area contributed by atoms with Crippen LogP contribution in [-0.4, -0.2) is 44.6 Å². The zero-order valence-corrected chi connectivity index (χ0v) is 8.43. The Kier molecular flexibility index (Phi) is 3.27. The molecule has 0 bridgehead atoms. The van der Waals surface area contributed by atoms with Crippen LogP contribution >= 0.6 is 0 Å². The number of rotatable bonds is 4. The van der Waals surface area contributed by atoms with Crippen molar-refractivity contribution in [3.63, 3.8) is 0 Å². The van der Waals surface area contributed by atoms with Crippen LogP contribution in [0.15, 0.2) is 0 Å². The summed E-state index contributed by atoms with van der Waals surface area (Å²) < 4.78 is 24.1. The molecule has 1 rings (SSSR count). The second-order valence-electron chi connectivity index (χ2n) is 2.96. The highest BCUT2D eigenvalue weighted by atomic mass is 32.2. The van der Waals surface area contributed by atoms with Crippen LogP contribution in [0.1, 0.15) is 13.3 Å². The minimum atomic E-state index is -3.23. The van der Waals surface area contributed by atoms with Gasteiger partial charge in [0.15, 0.2) is 0 Å². The van der Waals surface area contributed by atoms with Gasteiger partial charge >= 0.3 is 0 Å². The molecule has 13 heavy (non-hydrogen) atoms. The van der Waals surface area contributed by atoms with Gasteiger partial charge in [-0.15, -0.1) is 0 Å². The summed E-state index contributed by atoms with van der Waals surface area (Å²) in [4.78, 5) is 12.8. The van der Waals surface area contributed by atoms with E-state index in [1.165, 1.54) is 6.92 Å². The van der Waals surface area contributed by atoms with Crippen molar-refractivity contribution in [2.75, 3.05) is 25.4 Å². The molecular weight excluding hydrogens is 192 g/mol. The molecule has 0 unspecified atom stereocenters. The highest BCUT2D eigenvalue weighted by molar-refractivity contribution is 7.89. The summed E-state index contributed by atoms with van der Waals surface area (Å²) in [6, 6.07) is 0. The zero-order valence-electron chi connectivity index (χ0n) is 7.62. The first-order valence-corrected chi connectivity index (χ1v) is 5.95. The maximum absolute atomic E-state index is 11.2. The van der Waals surface area contributed by atoms with Crippen molar-refractivity contribution in [1.29, 1.82) is 0 Å². The Morgan fingerprint density at radius 1 is 1.46 bits per heavy atom. The number of amides is 1. The fraction of sp³-hybridized carbons (Fsp3) is 0.857. The average Bonchev–Trinajstić information content (AvgIpc) is 1.98. The molecule has 1 aliphatic rings. The molecule has 0 saturated carbocycles. The number of nitrogens with zero attached hydrogens (tertiary/aromatic N) is 1. The van der Waals surface area contributed by atoms with Crippen LogP contribution in [0.4, 0.5) is 0 Å². The highest BCUT2D eigenvalue weighted by Crippen LogP contribution is 2.04. The van der Waals surface area contributed by atoms with Gasteiger partial charge in [-0.25, -0.2) is 13.1 Å². The fourth-order valence-electron chi connectivity index (χ4n) is 0.951. The normalized spacial score (nSPS) is 16.8. The predicted octanol–water partition coefficient (Wildman–Crippen LogP) is -0.842. The summed E-state index contributed by atoms with van der Waals surface area (Å²) in [5, 5.41) is 0. The third-order valence-electron chi connectivity index (χ3n) is 2.03. The lowest BCUT2D eigenvalue weighted by Crippen LogP contribution is -2.47.